The summed E-state index contributed by atoms with van der Waals surface area (Å²) in [6, 6.07) is 3.05. The lowest BCUT2D eigenvalue weighted by Gasteiger charge is -2.10. The summed E-state index contributed by atoms with van der Waals surface area (Å²) in [6.07, 6.45) is -2.73. The summed E-state index contributed by atoms with van der Waals surface area (Å²) in [6.45, 7) is 0.0379. The van der Waals surface area contributed by atoms with E-state index in [1.54, 1.807) is 0 Å². The zero-order valence-corrected chi connectivity index (χ0v) is 9.26. The molecule has 0 spiro atoms. The molecule has 0 amide bonds. The third kappa shape index (κ3) is 2.70. The fourth-order valence-electron chi connectivity index (χ4n) is 1.26. The van der Waals surface area contributed by atoms with E-state index in [4.69, 9.17) is 11.0 Å². The first kappa shape index (κ1) is 12.0. The van der Waals surface area contributed by atoms with E-state index in [-0.39, 0.29) is 24.1 Å². The molecule has 1 heterocycles. The first-order valence-corrected chi connectivity index (χ1v) is 4.92. The van der Waals surface area contributed by atoms with Gasteiger partial charge in [-0.05, 0) is 27.6 Å². The van der Waals surface area contributed by atoms with Crippen LogP contribution in [0.4, 0.5) is 8.78 Å². The van der Waals surface area contributed by atoms with Gasteiger partial charge in [-0.1, -0.05) is 0 Å². The molecule has 0 aliphatic heterocycles. The lowest BCUT2D eigenvalue weighted by atomic mass is 10.0. The minimum atomic E-state index is -2.63. The minimum Gasteiger partial charge on any atom is -0.325 e. The molecule has 0 atom stereocenters. The second-order valence-electron chi connectivity index (χ2n) is 2.80. The van der Waals surface area contributed by atoms with Gasteiger partial charge in [0, 0.05) is 12.1 Å². The van der Waals surface area contributed by atoms with E-state index in [9.17, 15) is 8.78 Å². The maximum atomic E-state index is 12.6. The molecule has 3 nitrogen and oxygen atoms in total. The number of rotatable bonds is 3. The number of nitriles is 1. The smallest absolute Gasteiger partial charge is 0.264 e. The maximum absolute atomic E-state index is 12.6. The topological polar surface area (TPSA) is 62.7 Å². The predicted molar refractivity (Wildman–Crippen MR) is 54.1 cm³/mol. The number of hydrogen-bond acceptors (Lipinski definition) is 3. The first-order valence-electron chi connectivity index (χ1n) is 4.13. The fourth-order valence-corrected chi connectivity index (χ4v) is 1.72. The minimum absolute atomic E-state index is 0.0379. The van der Waals surface area contributed by atoms with E-state index in [2.05, 4.69) is 20.9 Å². The van der Waals surface area contributed by atoms with Crippen molar-refractivity contribution in [3.63, 3.8) is 0 Å². The number of pyridine rings is 1. The zero-order chi connectivity index (χ0) is 11.4. The predicted octanol–water partition coefficient (Wildman–Crippen LogP) is 2.31. The number of nitrogens with two attached hydrogens (primary N) is 1. The highest BCUT2D eigenvalue weighted by atomic mass is 79.9. The Kier molecular flexibility index (Phi) is 4.12. The summed E-state index contributed by atoms with van der Waals surface area (Å²) < 4.78 is 25.6. The summed E-state index contributed by atoms with van der Waals surface area (Å²) >= 11 is 3.02. The lowest BCUT2D eigenvalue weighted by molar-refractivity contribution is 0.150. The summed E-state index contributed by atoms with van der Waals surface area (Å²) in [4.78, 5) is 3.96. The average Bonchev–Trinajstić information content (AvgIpc) is 2.19. The second-order valence-corrected chi connectivity index (χ2v) is 3.61. The molecule has 0 aliphatic rings. The van der Waals surface area contributed by atoms with Crippen molar-refractivity contribution >= 4 is 15.9 Å². The van der Waals surface area contributed by atoms with Crippen LogP contribution in [-0.2, 0) is 13.0 Å². The molecule has 0 saturated heterocycles. The number of halogens is 3. The van der Waals surface area contributed by atoms with Crippen LogP contribution >= 0.6 is 15.9 Å². The van der Waals surface area contributed by atoms with Crippen LogP contribution in [0.2, 0.25) is 0 Å². The Morgan fingerprint density at radius 1 is 1.60 bits per heavy atom. The SMILES string of the molecule is N#CCc1c(C(F)F)cc(Br)nc1CN. The molecular formula is C9H8BrF2N3. The van der Waals surface area contributed by atoms with Crippen LogP contribution in [0, 0.1) is 11.3 Å². The summed E-state index contributed by atoms with van der Waals surface area (Å²) in [5, 5.41) is 8.54. The van der Waals surface area contributed by atoms with Gasteiger partial charge in [-0.2, -0.15) is 5.26 Å². The van der Waals surface area contributed by atoms with Gasteiger partial charge < -0.3 is 5.73 Å². The number of alkyl halides is 2. The molecule has 15 heavy (non-hydrogen) atoms. The number of aromatic nitrogens is 1. The molecule has 1 rings (SSSR count). The van der Waals surface area contributed by atoms with Gasteiger partial charge in [0.15, 0.2) is 0 Å². The van der Waals surface area contributed by atoms with Crippen LogP contribution in [0.3, 0.4) is 0 Å². The van der Waals surface area contributed by atoms with Crippen LogP contribution in [0.1, 0.15) is 23.2 Å². The Labute approximate surface area is 94.0 Å². The Balaban J connectivity index is 3.34. The molecule has 0 radical (unpaired) electrons. The highest BCUT2D eigenvalue weighted by Gasteiger charge is 2.17. The number of hydrogen-bond donors (Lipinski definition) is 1. The molecule has 1 aromatic heterocycles. The van der Waals surface area contributed by atoms with Crippen LogP contribution in [0.5, 0.6) is 0 Å². The highest BCUT2D eigenvalue weighted by Crippen LogP contribution is 2.27. The van der Waals surface area contributed by atoms with E-state index in [1.807, 2.05) is 6.07 Å². The van der Waals surface area contributed by atoms with Crippen molar-refractivity contribution in [3.05, 3.63) is 27.5 Å². The molecule has 0 aliphatic carbocycles. The van der Waals surface area contributed by atoms with Gasteiger partial charge in [0.1, 0.15) is 4.60 Å². The first-order chi connectivity index (χ1) is 7.10. The van der Waals surface area contributed by atoms with E-state index < -0.39 is 6.43 Å². The van der Waals surface area contributed by atoms with Crippen LogP contribution in [0.15, 0.2) is 10.7 Å². The van der Waals surface area contributed by atoms with Crippen molar-refractivity contribution in [1.29, 1.82) is 5.26 Å². The highest BCUT2D eigenvalue weighted by molar-refractivity contribution is 9.10. The monoisotopic (exact) mass is 275 g/mol. The second kappa shape index (κ2) is 5.14. The van der Waals surface area contributed by atoms with Crippen LogP contribution in [0.25, 0.3) is 0 Å². The van der Waals surface area contributed by atoms with Crippen molar-refractivity contribution in [2.45, 2.75) is 19.4 Å². The van der Waals surface area contributed by atoms with Gasteiger partial charge in [-0.3, -0.25) is 0 Å². The summed E-state index contributed by atoms with van der Waals surface area (Å²) in [5.74, 6) is 0. The van der Waals surface area contributed by atoms with Gasteiger partial charge in [-0.15, -0.1) is 0 Å². The van der Waals surface area contributed by atoms with Gasteiger partial charge in [-0.25, -0.2) is 13.8 Å². The molecule has 6 heteroatoms. The van der Waals surface area contributed by atoms with Crippen LogP contribution < -0.4 is 5.73 Å². The normalized spacial score (nSPS) is 10.4. The average molecular weight is 276 g/mol. The van der Waals surface area contributed by atoms with E-state index in [0.717, 1.165) is 0 Å². The Hall–Kier alpha value is -1.06. The van der Waals surface area contributed by atoms with Gasteiger partial charge >= 0.3 is 0 Å². The van der Waals surface area contributed by atoms with Gasteiger partial charge in [0.2, 0.25) is 0 Å². The molecule has 0 saturated carbocycles. The summed E-state index contributed by atoms with van der Waals surface area (Å²) in [5.41, 5.74) is 5.77. The molecule has 0 bridgehead atoms. The molecule has 0 aromatic carbocycles. The quantitative estimate of drug-likeness (QED) is 0.861. The van der Waals surface area contributed by atoms with E-state index >= 15 is 0 Å². The Morgan fingerprint density at radius 2 is 2.27 bits per heavy atom. The molecule has 1 aromatic rings. The molecular weight excluding hydrogens is 268 g/mol. The molecule has 2 N–H and O–H groups in total. The lowest BCUT2D eigenvalue weighted by Crippen LogP contribution is -2.08. The Bertz CT molecular complexity index is 401. The van der Waals surface area contributed by atoms with Crippen molar-refractivity contribution < 1.29 is 8.78 Å². The van der Waals surface area contributed by atoms with Gasteiger partial charge in [0.05, 0.1) is 18.2 Å². The zero-order valence-electron chi connectivity index (χ0n) is 7.67. The van der Waals surface area contributed by atoms with Gasteiger partial charge in [0.25, 0.3) is 6.43 Å². The molecule has 0 unspecified atom stereocenters. The summed E-state index contributed by atoms with van der Waals surface area (Å²) in [7, 11) is 0. The maximum Gasteiger partial charge on any atom is 0.264 e. The van der Waals surface area contributed by atoms with E-state index in [1.165, 1.54) is 6.07 Å². The van der Waals surface area contributed by atoms with Crippen molar-refractivity contribution in [2.24, 2.45) is 5.73 Å². The molecule has 0 fully saturated rings. The molecule has 80 valence electrons. The van der Waals surface area contributed by atoms with Crippen molar-refractivity contribution in [1.82, 2.24) is 4.98 Å². The van der Waals surface area contributed by atoms with E-state index in [0.29, 0.717) is 10.3 Å². The third-order valence-electron chi connectivity index (χ3n) is 1.90. The fraction of sp³-hybridized carbons (Fsp3) is 0.333. The van der Waals surface area contributed by atoms with Crippen molar-refractivity contribution in [3.8, 4) is 6.07 Å². The largest absolute Gasteiger partial charge is 0.325 e. The standard InChI is InChI=1S/C9H8BrF2N3/c10-8-3-6(9(11)12)5(1-2-13)7(4-14)15-8/h3,9H,1,4,14H2. The Morgan fingerprint density at radius 3 is 2.73 bits per heavy atom. The van der Waals surface area contributed by atoms with Crippen molar-refractivity contribution in [2.75, 3.05) is 0 Å². The van der Waals surface area contributed by atoms with Crippen LogP contribution in [-0.4, -0.2) is 4.98 Å². The number of nitrogens with zero attached hydrogens (tertiary/aromatic N) is 2. The third-order valence-corrected chi connectivity index (χ3v) is 2.30.